The van der Waals surface area contributed by atoms with Crippen molar-refractivity contribution in [3.8, 4) is 0 Å². The van der Waals surface area contributed by atoms with E-state index in [2.05, 4.69) is 23.9 Å². The number of carbonyl (C=O) groups excluding carboxylic acids is 1. The highest BCUT2D eigenvalue weighted by Gasteiger charge is 2.13. The second-order valence-electron chi connectivity index (χ2n) is 4.08. The van der Waals surface area contributed by atoms with Crippen LogP contribution in [-0.2, 0) is 4.74 Å². The standard InChI is InChI=1S/C13H19NO3/c1-9(2)14-7-5-6-11-8-12(10(3)17-11)13(15)16-4/h5-6,8-9,14H,7H2,1-4H3. The molecule has 1 N–H and O–H groups in total. The van der Waals surface area contributed by atoms with Gasteiger partial charge in [-0.1, -0.05) is 19.9 Å². The Hall–Kier alpha value is -1.55. The molecule has 0 unspecified atom stereocenters. The van der Waals surface area contributed by atoms with Gasteiger partial charge < -0.3 is 14.5 Å². The van der Waals surface area contributed by atoms with E-state index in [4.69, 9.17) is 4.42 Å². The molecule has 0 aliphatic heterocycles. The minimum Gasteiger partial charge on any atom is -0.465 e. The third-order valence-electron chi connectivity index (χ3n) is 2.27. The maximum Gasteiger partial charge on any atom is 0.341 e. The van der Waals surface area contributed by atoms with Crippen LogP contribution in [0.3, 0.4) is 0 Å². The van der Waals surface area contributed by atoms with E-state index in [0.717, 1.165) is 6.54 Å². The van der Waals surface area contributed by atoms with Crippen LogP contribution in [0.2, 0.25) is 0 Å². The molecule has 0 saturated heterocycles. The summed E-state index contributed by atoms with van der Waals surface area (Å²) >= 11 is 0. The molecule has 0 fully saturated rings. The monoisotopic (exact) mass is 237 g/mol. The van der Waals surface area contributed by atoms with Crippen molar-refractivity contribution in [1.29, 1.82) is 0 Å². The molecule has 1 aromatic rings. The first-order valence-corrected chi connectivity index (χ1v) is 5.63. The fourth-order valence-electron chi connectivity index (χ4n) is 1.38. The Bertz CT molecular complexity index is 405. The predicted octanol–water partition coefficient (Wildman–Crippen LogP) is 2.39. The number of hydrogen-bond acceptors (Lipinski definition) is 4. The van der Waals surface area contributed by atoms with Gasteiger partial charge in [-0.3, -0.25) is 0 Å². The first kappa shape index (κ1) is 13.5. The van der Waals surface area contributed by atoms with Gasteiger partial charge in [-0.25, -0.2) is 4.79 Å². The van der Waals surface area contributed by atoms with Crippen LogP contribution in [0.5, 0.6) is 0 Å². The van der Waals surface area contributed by atoms with Gasteiger partial charge in [0, 0.05) is 12.6 Å². The lowest BCUT2D eigenvalue weighted by atomic mass is 10.2. The van der Waals surface area contributed by atoms with E-state index in [-0.39, 0.29) is 5.97 Å². The number of furan rings is 1. The van der Waals surface area contributed by atoms with E-state index in [9.17, 15) is 4.79 Å². The fraction of sp³-hybridized carbons (Fsp3) is 0.462. The first-order chi connectivity index (χ1) is 8.04. The van der Waals surface area contributed by atoms with Crippen LogP contribution in [0.25, 0.3) is 6.08 Å². The average Bonchev–Trinajstić information content (AvgIpc) is 2.65. The molecule has 0 aliphatic rings. The number of nitrogens with one attached hydrogen (secondary N) is 1. The molecule has 17 heavy (non-hydrogen) atoms. The molecule has 4 heteroatoms. The van der Waals surface area contributed by atoms with Gasteiger partial charge in [0.25, 0.3) is 0 Å². The molecule has 1 rings (SSSR count). The van der Waals surface area contributed by atoms with E-state index in [0.29, 0.717) is 23.1 Å². The van der Waals surface area contributed by atoms with Crippen LogP contribution in [0.15, 0.2) is 16.6 Å². The van der Waals surface area contributed by atoms with Gasteiger partial charge in [0.2, 0.25) is 0 Å². The van der Waals surface area contributed by atoms with Crippen LogP contribution < -0.4 is 5.32 Å². The molecule has 0 saturated carbocycles. The second kappa shape index (κ2) is 6.25. The smallest absolute Gasteiger partial charge is 0.341 e. The van der Waals surface area contributed by atoms with Gasteiger partial charge in [0.1, 0.15) is 17.1 Å². The Morgan fingerprint density at radius 3 is 2.88 bits per heavy atom. The van der Waals surface area contributed by atoms with Gasteiger partial charge in [-0.05, 0) is 19.1 Å². The van der Waals surface area contributed by atoms with Crippen molar-refractivity contribution in [3.63, 3.8) is 0 Å². The van der Waals surface area contributed by atoms with E-state index < -0.39 is 0 Å². The van der Waals surface area contributed by atoms with Crippen LogP contribution in [0.4, 0.5) is 0 Å². The zero-order valence-electron chi connectivity index (χ0n) is 10.7. The van der Waals surface area contributed by atoms with Crippen molar-refractivity contribution < 1.29 is 13.9 Å². The molecule has 0 atom stereocenters. The maximum absolute atomic E-state index is 11.3. The first-order valence-electron chi connectivity index (χ1n) is 5.63. The normalized spacial score (nSPS) is 11.4. The highest BCUT2D eigenvalue weighted by molar-refractivity contribution is 5.90. The summed E-state index contributed by atoms with van der Waals surface area (Å²) in [6.45, 7) is 6.68. The summed E-state index contributed by atoms with van der Waals surface area (Å²) in [5, 5.41) is 3.25. The summed E-state index contributed by atoms with van der Waals surface area (Å²) in [6.07, 6.45) is 3.80. The molecular formula is C13H19NO3. The van der Waals surface area contributed by atoms with Gasteiger partial charge in [-0.15, -0.1) is 0 Å². The second-order valence-corrected chi connectivity index (χ2v) is 4.08. The minimum atomic E-state index is -0.369. The molecule has 0 spiro atoms. The van der Waals surface area contributed by atoms with Gasteiger partial charge >= 0.3 is 5.97 Å². The summed E-state index contributed by atoms with van der Waals surface area (Å²) in [6, 6.07) is 2.14. The number of methoxy groups -OCH3 is 1. The van der Waals surface area contributed by atoms with Crippen molar-refractivity contribution in [2.45, 2.75) is 26.8 Å². The number of carbonyl (C=O) groups is 1. The lowest BCUT2D eigenvalue weighted by Gasteiger charge is -2.02. The number of esters is 1. The molecule has 4 nitrogen and oxygen atoms in total. The molecule has 0 bridgehead atoms. The van der Waals surface area contributed by atoms with Crippen molar-refractivity contribution in [1.82, 2.24) is 5.32 Å². The molecule has 0 amide bonds. The quantitative estimate of drug-likeness (QED) is 0.799. The molecule has 1 aromatic heterocycles. The highest BCUT2D eigenvalue weighted by atomic mass is 16.5. The van der Waals surface area contributed by atoms with Crippen molar-refractivity contribution in [2.24, 2.45) is 0 Å². The Labute approximate surface area is 102 Å². The number of hydrogen-bond donors (Lipinski definition) is 1. The van der Waals surface area contributed by atoms with E-state index >= 15 is 0 Å². The minimum absolute atomic E-state index is 0.369. The van der Waals surface area contributed by atoms with E-state index in [1.165, 1.54) is 7.11 Å². The molecular weight excluding hydrogens is 218 g/mol. The Morgan fingerprint density at radius 2 is 2.29 bits per heavy atom. The van der Waals surface area contributed by atoms with Crippen LogP contribution >= 0.6 is 0 Å². The zero-order chi connectivity index (χ0) is 12.8. The molecule has 0 aromatic carbocycles. The summed E-state index contributed by atoms with van der Waals surface area (Å²) in [5.74, 6) is 0.869. The maximum atomic E-state index is 11.3. The van der Waals surface area contributed by atoms with Crippen molar-refractivity contribution in [2.75, 3.05) is 13.7 Å². The number of rotatable bonds is 5. The van der Waals surface area contributed by atoms with Crippen LogP contribution in [-0.4, -0.2) is 25.7 Å². The molecule has 0 aliphatic carbocycles. The van der Waals surface area contributed by atoms with Gasteiger partial charge in [0.05, 0.1) is 7.11 Å². The Balaban J connectivity index is 2.64. The largest absolute Gasteiger partial charge is 0.465 e. The Kier molecular flexibility index (Phi) is 4.97. The molecule has 0 radical (unpaired) electrons. The third kappa shape index (κ3) is 4.07. The van der Waals surface area contributed by atoms with Crippen LogP contribution in [0.1, 0.15) is 35.7 Å². The summed E-state index contributed by atoms with van der Waals surface area (Å²) in [5.41, 5.74) is 0.476. The van der Waals surface area contributed by atoms with E-state index in [1.807, 2.05) is 12.2 Å². The number of aryl methyl sites for hydroxylation is 1. The zero-order valence-corrected chi connectivity index (χ0v) is 10.7. The van der Waals surface area contributed by atoms with Crippen LogP contribution in [0, 0.1) is 6.92 Å². The topological polar surface area (TPSA) is 51.5 Å². The third-order valence-corrected chi connectivity index (χ3v) is 2.27. The molecule has 94 valence electrons. The average molecular weight is 237 g/mol. The highest BCUT2D eigenvalue weighted by Crippen LogP contribution is 2.16. The van der Waals surface area contributed by atoms with Gasteiger partial charge in [-0.2, -0.15) is 0 Å². The van der Waals surface area contributed by atoms with Gasteiger partial charge in [0.15, 0.2) is 0 Å². The fourth-order valence-corrected chi connectivity index (χ4v) is 1.38. The summed E-state index contributed by atoms with van der Waals surface area (Å²) in [7, 11) is 1.36. The van der Waals surface area contributed by atoms with Crippen molar-refractivity contribution >= 4 is 12.0 Å². The SMILES string of the molecule is COC(=O)c1cc(C=CCNC(C)C)oc1C. The van der Waals surface area contributed by atoms with E-state index in [1.54, 1.807) is 13.0 Å². The lowest BCUT2D eigenvalue weighted by Crippen LogP contribution is -2.22. The lowest BCUT2D eigenvalue weighted by molar-refractivity contribution is 0.0599. The Morgan fingerprint density at radius 1 is 1.59 bits per heavy atom. The predicted molar refractivity (Wildman–Crippen MR) is 67.0 cm³/mol. The molecule has 1 heterocycles. The summed E-state index contributed by atoms with van der Waals surface area (Å²) in [4.78, 5) is 11.3. The number of ether oxygens (including phenoxy) is 1. The summed E-state index contributed by atoms with van der Waals surface area (Å²) < 4.78 is 10.1. The van der Waals surface area contributed by atoms with Crippen molar-refractivity contribution in [3.05, 3.63) is 29.2 Å².